The molecule has 1 aliphatic heterocycles. The van der Waals surface area contributed by atoms with Crippen molar-refractivity contribution in [3.8, 4) is 0 Å². The summed E-state index contributed by atoms with van der Waals surface area (Å²) in [6.45, 7) is 8.91. The Morgan fingerprint density at radius 2 is 2.05 bits per heavy atom. The van der Waals surface area contributed by atoms with E-state index in [2.05, 4.69) is 26.1 Å². The zero-order valence-corrected chi connectivity index (χ0v) is 13.5. The van der Waals surface area contributed by atoms with Crippen LogP contribution in [-0.2, 0) is 15.6 Å². The molecule has 1 amide bonds. The zero-order valence-electron chi connectivity index (χ0n) is 12.6. The molecule has 0 aromatic heterocycles. The third kappa shape index (κ3) is 4.56. The largest absolute Gasteiger partial charge is 0.325 e. The SMILES string of the molecule is CCCCC1NC(C(C)C)N(CCS(=O)CC)C1=O. The van der Waals surface area contributed by atoms with Gasteiger partial charge in [-0.2, -0.15) is 0 Å². The zero-order chi connectivity index (χ0) is 14.4. The van der Waals surface area contributed by atoms with E-state index in [-0.39, 0.29) is 18.1 Å². The van der Waals surface area contributed by atoms with Gasteiger partial charge in [0.1, 0.15) is 0 Å². The van der Waals surface area contributed by atoms with Gasteiger partial charge in [-0.1, -0.05) is 40.5 Å². The van der Waals surface area contributed by atoms with Crippen molar-refractivity contribution in [1.82, 2.24) is 10.2 Å². The monoisotopic (exact) mass is 288 g/mol. The second kappa shape index (κ2) is 8.00. The number of nitrogens with one attached hydrogen (secondary N) is 1. The molecule has 0 radical (unpaired) electrons. The average Bonchev–Trinajstić information content (AvgIpc) is 2.70. The first kappa shape index (κ1) is 16.6. The number of unbranched alkanes of at least 4 members (excludes halogenated alkanes) is 1. The molecule has 1 N–H and O–H groups in total. The molecule has 1 heterocycles. The van der Waals surface area contributed by atoms with Gasteiger partial charge < -0.3 is 4.90 Å². The van der Waals surface area contributed by atoms with Gasteiger partial charge in [-0.25, -0.2) is 0 Å². The maximum atomic E-state index is 12.4. The Kier molecular flexibility index (Phi) is 7.00. The van der Waals surface area contributed by atoms with Crippen LogP contribution < -0.4 is 5.32 Å². The summed E-state index contributed by atoms with van der Waals surface area (Å²) in [6.07, 6.45) is 3.19. The van der Waals surface area contributed by atoms with E-state index in [9.17, 15) is 9.00 Å². The van der Waals surface area contributed by atoms with E-state index in [1.54, 1.807) is 0 Å². The molecule has 0 aliphatic carbocycles. The van der Waals surface area contributed by atoms with Crippen LogP contribution in [0, 0.1) is 5.92 Å². The first-order valence-corrected chi connectivity index (χ1v) is 8.91. The van der Waals surface area contributed by atoms with Crippen LogP contribution in [0.25, 0.3) is 0 Å². The number of carbonyl (C=O) groups excluding carboxylic acids is 1. The Hall–Kier alpha value is -0.420. The van der Waals surface area contributed by atoms with E-state index >= 15 is 0 Å². The first-order valence-electron chi connectivity index (χ1n) is 7.42. The maximum Gasteiger partial charge on any atom is 0.241 e. The average molecular weight is 288 g/mol. The second-order valence-corrected chi connectivity index (χ2v) is 7.38. The van der Waals surface area contributed by atoms with Gasteiger partial charge in [0.25, 0.3) is 0 Å². The van der Waals surface area contributed by atoms with Gasteiger partial charge in [0.2, 0.25) is 5.91 Å². The highest BCUT2D eigenvalue weighted by Crippen LogP contribution is 2.20. The molecule has 0 aromatic carbocycles. The fourth-order valence-electron chi connectivity index (χ4n) is 2.47. The second-order valence-electron chi connectivity index (χ2n) is 5.51. The number of rotatable bonds is 8. The minimum Gasteiger partial charge on any atom is -0.325 e. The number of hydrogen-bond donors (Lipinski definition) is 1. The summed E-state index contributed by atoms with van der Waals surface area (Å²) in [5.41, 5.74) is 0. The third-order valence-electron chi connectivity index (χ3n) is 3.65. The lowest BCUT2D eigenvalue weighted by atomic mass is 10.1. The van der Waals surface area contributed by atoms with E-state index < -0.39 is 10.8 Å². The van der Waals surface area contributed by atoms with Crippen LogP contribution in [0.2, 0.25) is 0 Å². The molecule has 3 unspecified atom stereocenters. The normalized spacial score (nSPS) is 25.3. The van der Waals surface area contributed by atoms with Crippen molar-refractivity contribution >= 4 is 16.7 Å². The van der Waals surface area contributed by atoms with E-state index in [1.165, 1.54) is 0 Å². The molecule has 1 saturated heterocycles. The highest BCUT2D eigenvalue weighted by Gasteiger charge is 2.39. The molecule has 3 atom stereocenters. The summed E-state index contributed by atoms with van der Waals surface area (Å²) < 4.78 is 11.6. The van der Waals surface area contributed by atoms with Crippen LogP contribution in [0.3, 0.4) is 0 Å². The summed E-state index contributed by atoms with van der Waals surface area (Å²) in [5.74, 6) is 1.83. The van der Waals surface area contributed by atoms with Crippen molar-refractivity contribution in [3.05, 3.63) is 0 Å². The van der Waals surface area contributed by atoms with Crippen molar-refractivity contribution in [2.45, 2.75) is 59.2 Å². The standard InChI is InChI=1S/C14H28N2O2S/c1-5-7-8-12-14(17)16(9-10-19(18)6-2)13(15-12)11(3)4/h11-13,15H,5-10H2,1-4H3. The van der Waals surface area contributed by atoms with Gasteiger partial charge in [-0.05, 0) is 12.3 Å². The molecule has 0 saturated carbocycles. The summed E-state index contributed by atoms with van der Waals surface area (Å²) in [5, 5.41) is 3.44. The molecule has 0 aromatic rings. The Labute approximate surface area is 119 Å². The lowest BCUT2D eigenvalue weighted by molar-refractivity contribution is -0.130. The molecule has 112 valence electrons. The lowest BCUT2D eigenvalue weighted by Gasteiger charge is -2.26. The van der Waals surface area contributed by atoms with Gasteiger partial charge in [0.15, 0.2) is 0 Å². The van der Waals surface area contributed by atoms with Crippen molar-refractivity contribution in [2.24, 2.45) is 5.92 Å². The predicted octanol–water partition coefficient (Wildman–Crippen LogP) is 1.73. The van der Waals surface area contributed by atoms with E-state index in [4.69, 9.17) is 0 Å². The Bertz CT molecular complexity index is 321. The Morgan fingerprint density at radius 3 is 2.58 bits per heavy atom. The maximum absolute atomic E-state index is 12.4. The molecule has 1 aliphatic rings. The van der Waals surface area contributed by atoms with Gasteiger partial charge in [0, 0.05) is 28.9 Å². The van der Waals surface area contributed by atoms with Crippen LogP contribution in [0.15, 0.2) is 0 Å². The van der Waals surface area contributed by atoms with Crippen LogP contribution in [0.5, 0.6) is 0 Å². The van der Waals surface area contributed by atoms with Gasteiger partial charge in [-0.3, -0.25) is 14.3 Å². The summed E-state index contributed by atoms with van der Waals surface area (Å²) in [4.78, 5) is 14.3. The van der Waals surface area contributed by atoms with Crippen molar-refractivity contribution in [2.75, 3.05) is 18.1 Å². The van der Waals surface area contributed by atoms with Crippen molar-refractivity contribution in [1.29, 1.82) is 0 Å². The highest BCUT2D eigenvalue weighted by atomic mass is 32.2. The molecule has 1 rings (SSSR count). The smallest absolute Gasteiger partial charge is 0.241 e. The molecular weight excluding hydrogens is 260 g/mol. The fourth-order valence-corrected chi connectivity index (χ4v) is 3.15. The third-order valence-corrected chi connectivity index (χ3v) is 4.93. The van der Waals surface area contributed by atoms with E-state index in [1.807, 2.05) is 11.8 Å². The molecule has 19 heavy (non-hydrogen) atoms. The quantitative estimate of drug-likeness (QED) is 0.740. The van der Waals surface area contributed by atoms with E-state index in [0.717, 1.165) is 19.3 Å². The fraction of sp³-hybridized carbons (Fsp3) is 0.929. The predicted molar refractivity (Wildman–Crippen MR) is 80.3 cm³/mol. The number of carbonyl (C=O) groups is 1. The van der Waals surface area contributed by atoms with Crippen LogP contribution in [0.4, 0.5) is 0 Å². The molecule has 4 nitrogen and oxygen atoms in total. The number of amides is 1. The van der Waals surface area contributed by atoms with Gasteiger partial charge in [0.05, 0.1) is 12.2 Å². The van der Waals surface area contributed by atoms with Crippen LogP contribution in [0.1, 0.15) is 47.0 Å². The Morgan fingerprint density at radius 1 is 1.37 bits per heavy atom. The lowest BCUT2D eigenvalue weighted by Crippen LogP contribution is -2.43. The minimum absolute atomic E-state index is 0.0394. The highest BCUT2D eigenvalue weighted by molar-refractivity contribution is 7.84. The summed E-state index contributed by atoms with van der Waals surface area (Å²) in [7, 11) is -0.804. The molecule has 1 fully saturated rings. The van der Waals surface area contributed by atoms with Crippen LogP contribution >= 0.6 is 0 Å². The Balaban J connectivity index is 2.63. The molecule has 0 spiro atoms. The molecule has 5 heteroatoms. The number of hydrogen-bond acceptors (Lipinski definition) is 3. The van der Waals surface area contributed by atoms with Crippen molar-refractivity contribution < 1.29 is 9.00 Å². The first-order chi connectivity index (χ1) is 9.01. The van der Waals surface area contributed by atoms with E-state index in [0.29, 0.717) is 24.0 Å². The van der Waals surface area contributed by atoms with Gasteiger partial charge in [-0.15, -0.1) is 0 Å². The number of nitrogens with zero attached hydrogens (tertiary/aromatic N) is 1. The minimum atomic E-state index is -0.804. The van der Waals surface area contributed by atoms with Crippen LogP contribution in [-0.4, -0.2) is 45.3 Å². The van der Waals surface area contributed by atoms with Gasteiger partial charge >= 0.3 is 0 Å². The topological polar surface area (TPSA) is 49.4 Å². The summed E-state index contributed by atoms with van der Waals surface area (Å²) in [6, 6.07) is -0.0394. The van der Waals surface area contributed by atoms with Crippen molar-refractivity contribution in [3.63, 3.8) is 0 Å². The molecule has 0 bridgehead atoms. The summed E-state index contributed by atoms with van der Waals surface area (Å²) >= 11 is 0. The molecular formula is C14H28N2O2S.